The average Bonchev–Trinajstić information content (AvgIpc) is 2.64. The van der Waals surface area contributed by atoms with Gasteiger partial charge in [0.1, 0.15) is 0 Å². The molecule has 1 fully saturated rings. The van der Waals surface area contributed by atoms with E-state index < -0.39 is 0 Å². The Kier molecular flexibility index (Phi) is 11.2. The van der Waals surface area contributed by atoms with Gasteiger partial charge < -0.3 is 15.4 Å². The SMILES string of the molecule is CN=C(NCC1CCCOC1c1ccccc1)NC(C)CCC(C)C.I. The average molecular weight is 473 g/mol. The Balaban J connectivity index is 0.00000338. The van der Waals surface area contributed by atoms with Crippen LogP contribution < -0.4 is 10.6 Å². The summed E-state index contributed by atoms with van der Waals surface area (Å²) in [5.74, 6) is 2.11. The second kappa shape index (κ2) is 12.5. The lowest BCUT2D eigenvalue weighted by atomic mass is 9.89. The highest BCUT2D eigenvalue weighted by molar-refractivity contribution is 14.0. The Bertz CT molecular complexity index is 521. The van der Waals surface area contributed by atoms with Crippen LogP contribution in [0.25, 0.3) is 0 Å². The summed E-state index contributed by atoms with van der Waals surface area (Å²) >= 11 is 0. The summed E-state index contributed by atoms with van der Waals surface area (Å²) in [6, 6.07) is 11.0. The maximum absolute atomic E-state index is 6.09. The van der Waals surface area contributed by atoms with Gasteiger partial charge in [-0.3, -0.25) is 4.99 Å². The minimum atomic E-state index is 0. The van der Waals surface area contributed by atoms with E-state index in [1.165, 1.54) is 18.4 Å². The maximum Gasteiger partial charge on any atom is 0.191 e. The summed E-state index contributed by atoms with van der Waals surface area (Å²) in [6.07, 6.45) is 4.90. The molecule has 0 saturated carbocycles. The van der Waals surface area contributed by atoms with Crippen LogP contribution in [0.4, 0.5) is 0 Å². The lowest BCUT2D eigenvalue weighted by Gasteiger charge is -2.33. The fraction of sp³-hybridized carbons (Fsp3) is 0.667. The normalized spacial score (nSPS) is 21.8. The number of rotatable bonds is 7. The molecular weight excluding hydrogens is 437 g/mol. The predicted octanol–water partition coefficient (Wildman–Crippen LogP) is 4.76. The molecule has 1 aromatic rings. The minimum Gasteiger partial charge on any atom is -0.373 e. The molecule has 0 spiro atoms. The van der Waals surface area contributed by atoms with Gasteiger partial charge in [-0.15, -0.1) is 24.0 Å². The van der Waals surface area contributed by atoms with Crippen LogP contribution in [-0.2, 0) is 4.74 Å². The van der Waals surface area contributed by atoms with Gasteiger partial charge in [0, 0.05) is 32.2 Å². The van der Waals surface area contributed by atoms with Crippen LogP contribution in [0, 0.1) is 11.8 Å². The molecule has 0 radical (unpaired) electrons. The molecule has 1 heterocycles. The number of hydrogen-bond donors (Lipinski definition) is 2. The third-order valence-electron chi connectivity index (χ3n) is 4.89. The van der Waals surface area contributed by atoms with Crippen LogP contribution in [0.3, 0.4) is 0 Å². The topological polar surface area (TPSA) is 45.7 Å². The first-order valence-electron chi connectivity index (χ1n) is 9.74. The van der Waals surface area contributed by atoms with Gasteiger partial charge in [-0.2, -0.15) is 0 Å². The Morgan fingerprint density at radius 2 is 1.92 bits per heavy atom. The van der Waals surface area contributed by atoms with Gasteiger partial charge in [-0.25, -0.2) is 0 Å². The molecule has 1 saturated heterocycles. The molecule has 1 aromatic carbocycles. The Labute approximate surface area is 176 Å². The monoisotopic (exact) mass is 473 g/mol. The van der Waals surface area contributed by atoms with Gasteiger partial charge in [0.05, 0.1) is 6.10 Å². The Morgan fingerprint density at radius 3 is 2.58 bits per heavy atom. The van der Waals surface area contributed by atoms with Crippen LogP contribution in [0.5, 0.6) is 0 Å². The van der Waals surface area contributed by atoms with Gasteiger partial charge in [0.2, 0.25) is 0 Å². The summed E-state index contributed by atoms with van der Waals surface area (Å²) in [6.45, 7) is 8.51. The number of guanidine groups is 1. The molecule has 26 heavy (non-hydrogen) atoms. The van der Waals surface area contributed by atoms with Crippen molar-refractivity contribution in [2.45, 2.75) is 58.6 Å². The molecule has 4 nitrogen and oxygen atoms in total. The molecule has 2 rings (SSSR count). The van der Waals surface area contributed by atoms with Crippen LogP contribution >= 0.6 is 24.0 Å². The lowest BCUT2D eigenvalue weighted by Crippen LogP contribution is -2.45. The van der Waals surface area contributed by atoms with Crippen molar-refractivity contribution in [2.75, 3.05) is 20.2 Å². The lowest BCUT2D eigenvalue weighted by molar-refractivity contribution is -0.0265. The van der Waals surface area contributed by atoms with Crippen molar-refractivity contribution in [2.24, 2.45) is 16.8 Å². The highest BCUT2D eigenvalue weighted by Crippen LogP contribution is 2.33. The van der Waals surface area contributed by atoms with Gasteiger partial charge in [-0.05, 0) is 44.1 Å². The van der Waals surface area contributed by atoms with Gasteiger partial charge in [0.25, 0.3) is 0 Å². The third kappa shape index (κ3) is 7.82. The number of aliphatic imine (C=N–C) groups is 1. The quantitative estimate of drug-likeness (QED) is 0.341. The van der Waals surface area contributed by atoms with Gasteiger partial charge in [0.15, 0.2) is 5.96 Å². The van der Waals surface area contributed by atoms with Crippen molar-refractivity contribution >= 4 is 29.9 Å². The maximum atomic E-state index is 6.09. The Morgan fingerprint density at radius 1 is 1.19 bits per heavy atom. The van der Waals surface area contributed by atoms with Crippen molar-refractivity contribution in [1.82, 2.24) is 10.6 Å². The van der Waals surface area contributed by atoms with Gasteiger partial charge in [-0.1, -0.05) is 44.2 Å². The summed E-state index contributed by atoms with van der Waals surface area (Å²) in [7, 11) is 1.84. The van der Waals surface area contributed by atoms with E-state index in [0.29, 0.717) is 12.0 Å². The van der Waals surface area contributed by atoms with E-state index in [1.807, 2.05) is 7.05 Å². The van der Waals surface area contributed by atoms with E-state index in [0.717, 1.165) is 37.9 Å². The molecule has 3 unspecified atom stereocenters. The van der Waals surface area contributed by atoms with Crippen LogP contribution in [0.15, 0.2) is 35.3 Å². The number of ether oxygens (including phenoxy) is 1. The molecular formula is C21H36IN3O. The zero-order valence-corrected chi connectivity index (χ0v) is 19.0. The molecule has 0 amide bonds. The number of nitrogens with zero attached hydrogens (tertiary/aromatic N) is 1. The smallest absolute Gasteiger partial charge is 0.191 e. The van der Waals surface area contributed by atoms with Crippen molar-refractivity contribution in [1.29, 1.82) is 0 Å². The second-order valence-corrected chi connectivity index (χ2v) is 7.57. The van der Waals surface area contributed by atoms with E-state index in [4.69, 9.17) is 4.74 Å². The molecule has 0 aromatic heterocycles. The summed E-state index contributed by atoms with van der Waals surface area (Å²) in [5, 5.41) is 7.03. The minimum absolute atomic E-state index is 0. The first kappa shape index (κ1) is 23.2. The highest BCUT2D eigenvalue weighted by Gasteiger charge is 2.27. The standard InChI is InChI=1S/C21H35N3O.HI/c1-16(2)12-13-17(3)24-21(22-4)23-15-19-11-8-14-25-20(19)18-9-6-5-7-10-18;/h5-7,9-10,16-17,19-20H,8,11-15H2,1-4H3,(H2,22,23,24);1H. The van der Waals surface area contributed by atoms with E-state index >= 15 is 0 Å². The first-order chi connectivity index (χ1) is 12.1. The number of hydrogen-bond acceptors (Lipinski definition) is 2. The van der Waals surface area contributed by atoms with Crippen molar-refractivity contribution in [3.8, 4) is 0 Å². The summed E-state index contributed by atoms with van der Waals surface area (Å²) < 4.78 is 6.09. The van der Waals surface area contributed by atoms with Crippen LogP contribution in [0.1, 0.15) is 58.1 Å². The predicted molar refractivity (Wildman–Crippen MR) is 121 cm³/mol. The van der Waals surface area contributed by atoms with Gasteiger partial charge >= 0.3 is 0 Å². The molecule has 0 aliphatic carbocycles. The Hall–Kier alpha value is -0.820. The molecule has 2 N–H and O–H groups in total. The van der Waals surface area contributed by atoms with E-state index in [9.17, 15) is 0 Å². The third-order valence-corrected chi connectivity index (χ3v) is 4.89. The van der Waals surface area contributed by atoms with E-state index in [1.54, 1.807) is 0 Å². The fourth-order valence-electron chi connectivity index (χ4n) is 3.37. The highest BCUT2D eigenvalue weighted by atomic mass is 127. The number of halogens is 1. The van der Waals surface area contributed by atoms with E-state index in [-0.39, 0.29) is 30.1 Å². The van der Waals surface area contributed by atoms with Crippen LogP contribution in [-0.4, -0.2) is 32.2 Å². The zero-order chi connectivity index (χ0) is 18.1. The molecule has 1 aliphatic rings. The molecule has 3 atom stereocenters. The molecule has 0 bridgehead atoms. The fourth-order valence-corrected chi connectivity index (χ4v) is 3.37. The van der Waals surface area contributed by atoms with E-state index in [2.05, 4.69) is 66.7 Å². The van der Waals surface area contributed by atoms with Crippen molar-refractivity contribution < 1.29 is 4.74 Å². The molecule has 1 aliphatic heterocycles. The number of benzene rings is 1. The molecule has 5 heteroatoms. The summed E-state index contributed by atoms with van der Waals surface area (Å²) in [5.41, 5.74) is 1.28. The largest absolute Gasteiger partial charge is 0.373 e. The van der Waals surface area contributed by atoms with Crippen molar-refractivity contribution in [3.05, 3.63) is 35.9 Å². The van der Waals surface area contributed by atoms with Crippen molar-refractivity contribution in [3.63, 3.8) is 0 Å². The zero-order valence-electron chi connectivity index (χ0n) is 16.7. The first-order valence-corrected chi connectivity index (χ1v) is 9.74. The molecule has 148 valence electrons. The number of nitrogens with one attached hydrogen (secondary N) is 2. The second-order valence-electron chi connectivity index (χ2n) is 7.57. The van der Waals surface area contributed by atoms with Crippen LogP contribution in [0.2, 0.25) is 0 Å². The summed E-state index contributed by atoms with van der Waals surface area (Å²) in [4.78, 5) is 4.39.